The molecule has 0 aliphatic carbocycles. The summed E-state index contributed by atoms with van der Waals surface area (Å²) in [5, 5.41) is 3.54. The largest absolute Gasteiger partial charge is 0.328 e. The van der Waals surface area contributed by atoms with Crippen molar-refractivity contribution in [1.29, 1.82) is 0 Å². The van der Waals surface area contributed by atoms with Gasteiger partial charge in [-0.2, -0.15) is 0 Å². The lowest BCUT2D eigenvalue weighted by atomic mass is 10.1. The number of sulfone groups is 1. The summed E-state index contributed by atoms with van der Waals surface area (Å²) < 4.78 is 26.6. The van der Waals surface area contributed by atoms with Crippen molar-refractivity contribution in [1.82, 2.24) is 9.97 Å². The first-order valence-corrected chi connectivity index (χ1v) is 12.8. The Morgan fingerprint density at radius 2 is 1.67 bits per heavy atom. The van der Waals surface area contributed by atoms with Gasteiger partial charge in [-0.15, -0.1) is 0 Å². The minimum atomic E-state index is -3.86. The number of aromatic amines is 1. The zero-order valence-corrected chi connectivity index (χ0v) is 20.0. The highest BCUT2D eigenvalue weighted by atomic mass is 35.5. The molecule has 168 valence electrons. The van der Waals surface area contributed by atoms with Crippen LogP contribution >= 0.6 is 23.4 Å². The molecule has 0 radical (unpaired) electrons. The number of nitrogens with zero attached hydrogens (tertiary/aromatic N) is 1. The number of hydrogen-bond donors (Lipinski definition) is 2. The molecule has 0 fully saturated rings. The van der Waals surface area contributed by atoms with Crippen molar-refractivity contribution >= 4 is 44.8 Å². The molecule has 0 saturated carbocycles. The van der Waals surface area contributed by atoms with E-state index in [0.29, 0.717) is 16.5 Å². The number of imidazole rings is 1. The van der Waals surface area contributed by atoms with Crippen molar-refractivity contribution < 1.29 is 13.2 Å². The van der Waals surface area contributed by atoms with Crippen LogP contribution in [0, 0.1) is 6.92 Å². The SMILES string of the molecule is Cc1ccc(-c2nc(SCC(=O)Nc3ccc(Cl)cc3)c(S(=O)(=O)c3ccccc3)[nH]2)cc1. The Kier molecular flexibility index (Phi) is 6.88. The summed E-state index contributed by atoms with van der Waals surface area (Å²) in [5.74, 6) is 0.119. The summed E-state index contributed by atoms with van der Waals surface area (Å²) in [6.45, 7) is 1.97. The molecule has 2 N–H and O–H groups in total. The Bertz CT molecular complexity index is 1370. The Hall–Kier alpha value is -3.07. The Balaban J connectivity index is 1.63. The van der Waals surface area contributed by atoms with Crippen LogP contribution in [-0.2, 0) is 14.6 Å². The number of anilines is 1. The fourth-order valence-electron chi connectivity index (χ4n) is 3.05. The van der Waals surface area contributed by atoms with Crippen molar-refractivity contribution in [3.8, 4) is 11.4 Å². The van der Waals surface area contributed by atoms with Crippen LogP contribution in [0.25, 0.3) is 11.4 Å². The van der Waals surface area contributed by atoms with Gasteiger partial charge in [-0.25, -0.2) is 13.4 Å². The van der Waals surface area contributed by atoms with E-state index in [1.807, 2.05) is 31.2 Å². The molecule has 1 heterocycles. The van der Waals surface area contributed by atoms with Crippen molar-refractivity contribution in [3.05, 3.63) is 89.4 Å². The highest BCUT2D eigenvalue weighted by Gasteiger charge is 2.26. The summed E-state index contributed by atoms with van der Waals surface area (Å²) in [7, 11) is -3.86. The number of carbonyl (C=O) groups is 1. The first kappa shape index (κ1) is 23.1. The molecule has 3 aromatic carbocycles. The number of hydrogen-bond acceptors (Lipinski definition) is 5. The molecule has 9 heteroatoms. The van der Waals surface area contributed by atoms with Gasteiger partial charge in [0.1, 0.15) is 10.9 Å². The molecule has 4 aromatic rings. The molecule has 1 amide bonds. The monoisotopic (exact) mass is 497 g/mol. The van der Waals surface area contributed by atoms with Gasteiger partial charge in [0, 0.05) is 16.3 Å². The summed E-state index contributed by atoms with van der Waals surface area (Å²) in [6.07, 6.45) is 0. The standard InChI is InChI=1S/C24H20ClN3O3S2/c1-16-7-9-17(10-8-16)22-27-23(24(28-22)33(30,31)20-5-3-2-4-6-20)32-15-21(29)26-19-13-11-18(25)12-14-19/h2-14H,15H2,1H3,(H,26,29)(H,27,28). The van der Waals surface area contributed by atoms with Gasteiger partial charge < -0.3 is 10.3 Å². The van der Waals surface area contributed by atoms with Crippen LogP contribution in [0.5, 0.6) is 0 Å². The number of aromatic nitrogens is 2. The van der Waals surface area contributed by atoms with E-state index in [9.17, 15) is 13.2 Å². The maximum absolute atomic E-state index is 13.3. The molecule has 0 spiro atoms. The molecule has 0 aliphatic heterocycles. The van der Waals surface area contributed by atoms with Crippen molar-refractivity contribution in [2.75, 3.05) is 11.1 Å². The number of halogens is 1. The third-order valence-corrected chi connectivity index (χ3v) is 7.84. The average molecular weight is 498 g/mol. The van der Waals surface area contributed by atoms with Gasteiger partial charge in [0.15, 0.2) is 5.03 Å². The Morgan fingerprint density at radius 3 is 2.33 bits per heavy atom. The predicted octanol–water partition coefficient (Wildman–Crippen LogP) is 5.60. The van der Waals surface area contributed by atoms with Gasteiger partial charge in [-0.1, -0.05) is 71.4 Å². The predicted molar refractivity (Wildman–Crippen MR) is 131 cm³/mol. The van der Waals surface area contributed by atoms with Gasteiger partial charge in [0.25, 0.3) is 0 Å². The van der Waals surface area contributed by atoms with Crippen LogP contribution in [0.2, 0.25) is 5.02 Å². The fourth-order valence-corrected chi connectivity index (χ4v) is 5.62. The number of aryl methyl sites for hydroxylation is 1. The van der Waals surface area contributed by atoms with Crippen LogP contribution in [-0.4, -0.2) is 30.0 Å². The summed E-state index contributed by atoms with van der Waals surface area (Å²) in [4.78, 5) is 20.1. The molecule has 4 rings (SSSR count). The topological polar surface area (TPSA) is 91.9 Å². The zero-order valence-electron chi connectivity index (χ0n) is 17.6. The van der Waals surface area contributed by atoms with Crippen LogP contribution in [0.1, 0.15) is 5.56 Å². The van der Waals surface area contributed by atoms with E-state index in [-0.39, 0.29) is 26.6 Å². The molecule has 1 aromatic heterocycles. The van der Waals surface area contributed by atoms with Crippen LogP contribution in [0.3, 0.4) is 0 Å². The van der Waals surface area contributed by atoms with Gasteiger partial charge in [-0.3, -0.25) is 4.79 Å². The number of amides is 1. The Labute approximate surface area is 201 Å². The van der Waals surface area contributed by atoms with Gasteiger partial charge in [-0.05, 0) is 43.3 Å². The maximum Gasteiger partial charge on any atom is 0.234 e. The second kappa shape index (κ2) is 9.82. The van der Waals surface area contributed by atoms with E-state index in [1.54, 1.807) is 42.5 Å². The van der Waals surface area contributed by atoms with E-state index in [1.165, 1.54) is 12.1 Å². The third-order valence-electron chi connectivity index (χ3n) is 4.75. The van der Waals surface area contributed by atoms with Crippen molar-refractivity contribution in [2.24, 2.45) is 0 Å². The maximum atomic E-state index is 13.3. The third kappa shape index (κ3) is 5.47. The molecular formula is C24H20ClN3O3S2. The lowest BCUT2D eigenvalue weighted by molar-refractivity contribution is -0.113. The molecule has 0 unspecified atom stereocenters. The van der Waals surface area contributed by atoms with Gasteiger partial charge >= 0.3 is 0 Å². The summed E-state index contributed by atoms with van der Waals surface area (Å²) in [6, 6.07) is 22.5. The van der Waals surface area contributed by atoms with E-state index >= 15 is 0 Å². The molecule has 0 saturated heterocycles. The zero-order chi connectivity index (χ0) is 23.4. The van der Waals surface area contributed by atoms with E-state index in [2.05, 4.69) is 15.3 Å². The summed E-state index contributed by atoms with van der Waals surface area (Å²) >= 11 is 6.93. The fraction of sp³-hybridized carbons (Fsp3) is 0.0833. The minimum Gasteiger partial charge on any atom is -0.328 e. The first-order valence-electron chi connectivity index (χ1n) is 9.98. The molecular weight excluding hydrogens is 478 g/mol. The highest BCUT2D eigenvalue weighted by molar-refractivity contribution is 8.00. The smallest absolute Gasteiger partial charge is 0.234 e. The molecule has 33 heavy (non-hydrogen) atoms. The molecule has 0 atom stereocenters. The number of benzene rings is 3. The number of thioether (sulfide) groups is 1. The van der Waals surface area contributed by atoms with E-state index in [0.717, 1.165) is 22.9 Å². The number of H-pyrrole nitrogens is 1. The minimum absolute atomic E-state index is 0.0157. The summed E-state index contributed by atoms with van der Waals surface area (Å²) in [5.41, 5.74) is 2.43. The quantitative estimate of drug-likeness (QED) is 0.324. The average Bonchev–Trinajstić information content (AvgIpc) is 3.25. The van der Waals surface area contributed by atoms with E-state index in [4.69, 9.17) is 11.6 Å². The first-order chi connectivity index (χ1) is 15.8. The molecule has 6 nitrogen and oxygen atoms in total. The Morgan fingerprint density at radius 1 is 1.00 bits per heavy atom. The van der Waals surface area contributed by atoms with Crippen molar-refractivity contribution in [2.45, 2.75) is 21.9 Å². The molecule has 0 bridgehead atoms. The van der Waals surface area contributed by atoms with E-state index < -0.39 is 9.84 Å². The second-order valence-electron chi connectivity index (χ2n) is 7.25. The number of nitrogens with one attached hydrogen (secondary N) is 2. The van der Waals surface area contributed by atoms with Gasteiger partial charge in [0.05, 0.1) is 10.6 Å². The van der Waals surface area contributed by atoms with Crippen LogP contribution in [0.15, 0.2) is 93.8 Å². The van der Waals surface area contributed by atoms with Crippen LogP contribution < -0.4 is 5.32 Å². The lowest BCUT2D eigenvalue weighted by Crippen LogP contribution is -2.14. The molecule has 0 aliphatic rings. The van der Waals surface area contributed by atoms with Crippen LogP contribution in [0.4, 0.5) is 5.69 Å². The normalized spacial score (nSPS) is 11.3. The number of rotatable bonds is 7. The van der Waals surface area contributed by atoms with Crippen molar-refractivity contribution in [3.63, 3.8) is 0 Å². The lowest BCUT2D eigenvalue weighted by Gasteiger charge is -2.06. The second-order valence-corrected chi connectivity index (χ2v) is 10.5. The highest BCUT2D eigenvalue weighted by Crippen LogP contribution is 2.32. The van der Waals surface area contributed by atoms with Gasteiger partial charge in [0.2, 0.25) is 15.7 Å². The number of carbonyl (C=O) groups excluding carboxylic acids is 1.